The number of hydrogen-bond acceptors (Lipinski definition) is 6. The van der Waals surface area contributed by atoms with Crippen LogP contribution in [0, 0.1) is 0 Å². The van der Waals surface area contributed by atoms with Crippen LogP contribution in [-0.2, 0) is 22.3 Å². The molecule has 0 bridgehead atoms. The second-order valence-corrected chi connectivity index (χ2v) is 11.9. The lowest BCUT2D eigenvalue weighted by molar-refractivity contribution is 0.0950. The molecule has 0 fully saturated rings. The number of carbonyl (C=O) groups excluding carboxylic acids is 1. The van der Waals surface area contributed by atoms with E-state index in [0.29, 0.717) is 11.1 Å². The first kappa shape index (κ1) is 23.4. The number of para-hydroxylation sites is 1. The molecule has 0 unspecified atom stereocenters. The van der Waals surface area contributed by atoms with Crippen LogP contribution in [0.4, 0.5) is 0 Å². The predicted octanol–water partition coefficient (Wildman–Crippen LogP) is 4.77. The standard InChI is InChI=1S/C24H23N3O3S3/c1-27(2)33(29,30)22-10-6-3-7-19(22)15-25-23(28)18-13-11-17(12-14-18)16-31-24-26-20-8-4-5-9-21(20)32-24/h3-14H,15-16H2,1-2H3,(H,25,28). The van der Waals surface area contributed by atoms with E-state index in [9.17, 15) is 13.2 Å². The van der Waals surface area contributed by atoms with Gasteiger partial charge in [-0.25, -0.2) is 17.7 Å². The summed E-state index contributed by atoms with van der Waals surface area (Å²) < 4.78 is 28.4. The van der Waals surface area contributed by atoms with E-state index in [1.165, 1.54) is 23.1 Å². The second-order valence-electron chi connectivity index (χ2n) is 7.51. The molecule has 33 heavy (non-hydrogen) atoms. The minimum Gasteiger partial charge on any atom is -0.348 e. The van der Waals surface area contributed by atoms with Crippen LogP contribution in [0.25, 0.3) is 10.2 Å². The lowest BCUT2D eigenvalue weighted by Gasteiger charge is -2.15. The number of thiazole rings is 1. The summed E-state index contributed by atoms with van der Waals surface area (Å²) in [5, 5.41) is 2.82. The minimum atomic E-state index is -3.59. The number of nitrogens with one attached hydrogen (secondary N) is 1. The molecule has 0 aliphatic heterocycles. The summed E-state index contributed by atoms with van der Waals surface area (Å²) in [7, 11) is -0.613. The van der Waals surface area contributed by atoms with Crippen molar-refractivity contribution in [2.75, 3.05) is 14.1 Å². The van der Waals surface area contributed by atoms with Crippen molar-refractivity contribution in [3.05, 3.63) is 89.5 Å². The SMILES string of the molecule is CN(C)S(=O)(=O)c1ccccc1CNC(=O)c1ccc(CSc2nc3ccccc3s2)cc1. The smallest absolute Gasteiger partial charge is 0.251 e. The molecule has 1 N–H and O–H groups in total. The Kier molecular flexibility index (Phi) is 7.14. The fraction of sp³-hybridized carbons (Fsp3) is 0.167. The number of benzene rings is 3. The van der Waals surface area contributed by atoms with Gasteiger partial charge in [0.1, 0.15) is 0 Å². The highest BCUT2D eigenvalue weighted by Crippen LogP contribution is 2.31. The summed E-state index contributed by atoms with van der Waals surface area (Å²) >= 11 is 3.35. The summed E-state index contributed by atoms with van der Waals surface area (Å²) in [6.45, 7) is 0.122. The fourth-order valence-corrected chi connectivity index (χ4v) is 6.33. The Morgan fingerprint density at radius 3 is 2.42 bits per heavy atom. The van der Waals surface area contributed by atoms with E-state index in [1.807, 2.05) is 30.3 Å². The van der Waals surface area contributed by atoms with Gasteiger partial charge in [0.25, 0.3) is 5.91 Å². The highest BCUT2D eigenvalue weighted by Gasteiger charge is 2.21. The molecular formula is C24H23N3O3S3. The largest absolute Gasteiger partial charge is 0.348 e. The Hall–Kier alpha value is -2.72. The number of aromatic nitrogens is 1. The van der Waals surface area contributed by atoms with Crippen LogP contribution in [-0.4, -0.2) is 37.7 Å². The molecule has 0 atom stereocenters. The van der Waals surface area contributed by atoms with E-state index in [-0.39, 0.29) is 17.3 Å². The van der Waals surface area contributed by atoms with Crippen molar-refractivity contribution >= 4 is 49.2 Å². The van der Waals surface area contributed by atoms with Crippen molar-refractivity contribution in [1.82, 2.24) is 14.6 Å². The topological polar surface area (TPSA) is 79.4 Å². The number of thioether (sulfide) groups is 1. The van der Waals surface area contributed by atoms with E-state index >= 15 is 0 Å². The maximum atomic E-state index is 12.6. The third-order valence-electron chi connectivity index (χ3n) is 5.02. The molecule has 3 aromatic carbocycles. The Bertz CT molecular complexity index is 1350. The van der Waals surface area contributed by atoms with Gasteiger partial charge in [0.15, 0.2) is 4.34 Å². The summed E-state index contributed by atoms with van der Waals surface area (Å²) in [6.07, 6.45) is 0. The molecule has 0 aliphatic carbocycles. The molecule has 4 rings (SSSR count). The maximum Gasteiger partial charge on any atom is 0.251 e. The molecule has 0 saturated carbocycles. The van der Waals surface area contributed by atoms with Crippen LogP contribution in [0.15, 0.2) is 82.0 Å². The molecule has 9 heteroatoms. The number of amides is 1. The Morgan fingerprint density at radius 1 is 1.00 bits per heavy atom. The van der Waals surface area contributed by atoms with Gasteiger partial charge in [-0.2, -0.15) is 0 Å². The van der Waals surface area contributed by atoms with Crippen molar-refractivity contribution in [3.8, 4) is 0 Å². The molecule has 170 valence electrons. The third-order valence-corrected chi connectivity index (χ3v) is 9.19. The van der Waals surface area contributed by atoms with E-state index in [1.54, 1.807) is 59.5 Å². The average molecular weight is 498 g/mol. The van der Waals surface area contributed by atoms with Crippen LogP contribution < -0.4 is 5.32 Å². The van der Waals surface area contributed by atoms with Crippen molar-refractivity contribution in [2.45, 2.75) is 21.5 Å². The molecule has 0 aliphatic rings. The molecule has 4 aromatic rings. The first-order valence-electron chi connectivity index (χ1n) is 10.2. The van der Waals surface area contributed by atoms with E-state index in [4.69, 9.17) is 0 Å². The van der Waals surface area contributed by atoms with Gasteiger partial charge in [0, 0.05) is 32.0 Å². The first-order valence-corrected chi connectivity index (χ1v) is 13.4. The van der Waals surface area contributed by atoms with Gasteiger partial charge in [-0.1, -0.05) is 54.2 Å². The van der Waals surface area contributed by atoms with Gasteiger partial charge >= 0.3 is 0 Å². The summed E-state index contributed by atoms with van der Waals surface area (Å²) in [4.78, 5) is 17.4. The Labute approximate surface area is 201 Å². The quantitative estimate of drug-likeness (QED) is 0.355. The monoisotopic (exact) mass is 497 g/mol. The van der Waals surface area contributed by atoms with E-state index < -0.39 is 10.0 Å². The van der Waals surface area contributed by atoms with E-state index in [2.05, 4.69) is 16.4 Å². The second kappa shape index (κ2) is 10.0. The summed E-state index contributed by atoms with van der Waals surface area (Å²) in [5.74, 6) is 0.509. The molecule has 1 aromatic heterocycles. The minimum absolute atomic E-state index is 0.122. The third kappa shape index (κ3) is 5.44. The normalized spacial score (nSPS) is 11.7. The number of rotatable bonds is 8. The van der Waals surface area contributed by atoms with Gasteiger partial charge in [0.05, 0.1) is 15.1 Å². The average Bonchev–Trinajstić information content (AvgIpc) is 3.24. The van der Waals surface area contributed by atoms with Crippen molar-refractivity contribution in [1.29, 1.82) is 0 Å². The van der Waals surface area contributed by atoms with Crippen LogP contribution in [0.2, 0.25) is 0 Å². The molecule has 0 saturated heterocycles. The number of nitrogens with zero attached hydrogens (tertiary/aromatic N) is 2. The van der Waals surface area contributed by atoms with Gasteiger partial charge in [0.2, 0.25) is 10.0 Å². The van der Waals surface area contributed by atoms with Crippen LogP contribution in [0.5, 0.6) is 0 Å². The van der Waals surface area contributed by atoms with E-state index in [0.717, 1.165) is 21.2 Å². The van der Waals surface area contributed by atoms with Crippen LogP contribution in [0.3, 0.4) is 0 Å². The lowest BCUT2D eigenvalue weighted by atomic mass is 10.1. The van der Waals surface area contributed by atoms with Gasteiger partial charge in [-0.05, 0) is 41.5 Å². The van der Waals surface area contributed by atoms with Gasteiger partial charge in [-0.15, -0.1) is 11.3 Å². The molecule has 1 heterocycles. The first-order chi connectivity index (χ1) is 15.8. The van der Waals surface area contributed by atoms with Crippen LogP contribution >= 0.6 is 23.1 Å². The molecule has 0 radical (unpaired) electrons. The molecule has 6 nitrogen and oxygen atoms in total. The van der Waals surface area contributed by atoms with Crippen molar-refractivity contribution < 1.29 is 13.2 Å². The molecule has 1 amide bonds. The highest BCUT2D eigenvalue weighted by atomic mass is 32.2. The maximum absolute atomic E-state index is 12.6. The zero-order valence-corrected chi connectivity index (χ0v) is 20.6. The Morgan fingerprint density at radius 2 is 1.70 bits per heavy atom. The molecule has 0 spiro atoms. The summed E-state index contributed by atoms with van der Waals surface area (Å²) in [6, 6.07) is 22.2. The fourth-order valence-electron chi connectivity index (χ4n) is 3.19. The van der Waals surface area contributed by atoms with Crippen LogP contribution in [0.1, 0.15) is 21.5 Å². The predicted molar refractivity (Wildman–Crippen MR) is 134 cm³/mol. The number of fused-ring (bicyclic) bond motifs is 1. The van der Waals surface area contributed by atoms with Gasteiger partial charge in [-0.3, -0.25) is 4.79 Å². The Balaban J connectivity index is 1.37. The number of sulfonamides is 1. The van der Waals surface area contributed by atoms with Crippen molar-refractivity contribution in [2.24, 2.45) is 0 Å². The van der Waals surface area contributed by atoms with Crippen molar-refractivity contribution in [3.63, 3.8) is 0 Å². The lowest BCUT2D eigenvalue weighted by Crippen LogP contribution is -2.27. The summed E-state index contributed by atoms with van der Waals surface area (Å²) in [5.41, 5.74) is 3.18. The highest BCUT2D eigenvalue weighted by molar-refractivity contribution is 8.00. The number of carbonyl (C=O) groups is 1. The molecular weight excluding hydrogens is 474 g/mol. The number of hydrogen-bond donors (Lipinski definition) is 1. The zero-order chi connectivity index (χ0) is 23.4. The zero-order valence-electron chi connectivity index (χ0n) is 18.2. The van der Waals surface area contributed by atoms with Gasteiger partial charge < -0.3 is 5.32 Å².